The van der Waals surface area contributed by atoms with Crippen LogP contribution in [0.2, 0.25) is 0 Å². The molecule has 3 aromatic rings. The Kier molecular flexibility index (Phi) is 4.78. The lowest BCUT2D eigenvalue weighted by Gasteiger charge is -2.00. The Bertz CT molecular complexity index is 869. The SMILES string of the molecule is CCOc1ccc2oc(C(=O)N/N=C/c3cc(Br)cs3)cc2c1. The van der Waals surface area contributed by atoms with Crippen molar-refractivity contribution in [1.82, 2.24) is 5.43 Å². The topological polar surface area (TPSA) is 63.8 Å². The molecule has 23 heavy (non-hydrogen) atoms. The Morgan fingerprint density at radius 1 is 1.43 bits per heavy atom. The van der Waals surface area contributed by atoms with Gasteiger partial charge in [-0.25, -0.2) is 5.43 Å². The highest BCUT2D eigenvalue weighted by Crippen LogP contribution is 2.24. The van der Waals surface area contributed by atoms with Crippen molar-refractivity contribution in [3.05, 3.63) is 50.8 Å². The van der Waals surface area contributed by atoms with Gasteiger partial charge in [0.15, 0.2) is 5.76 Å². The monoisotopic (exact) mass is 392 g/mol. The number of carbonyl (C=O) groups excluding carboxylic acids is 1. The van der Waals surface area contributed by atoms with Crippen LogP contribution in [0, 0.1) is 0 Å². The normalized spacial score (nSPS) is 11.2. The summed E-state index contributed by atoms with van der Waals surface area (Å²) in [7, 11) is 0. The van der Waals surface area contributed by atoms with Crippen LogP contribution < -0.4 is 10.2 Å². The standard InChI is InChI=1S/C16H13BrN2O3S/c1-2-21-12-3-4-14-10(5-12)6-15(22-14)16(20)19-18-8-13-7-11(17)9-23-13/h3-9H,2H2,1H3,(H,19,20)/b18-8+. The Hall–Kier alpha value is -2.12. The van der Waals surface area contributed by atoms with Gasteiger partial charge < -0.3 is 9.15 Å². The lowest BCUT2D eigenvalue weighted by molar-refractivity contribution is 0.0929. The molecule has 1 amide bonds. The highest BCUT2D eigenvalue weighted by atomic mass is 79.9. The number of hydrogen-bond donors (Lipinski definition) is 1. The molecule has 0 saturated heterocycles. The fraction of sp³-hybridized carbons (Fsp3) is 0.125. The van der Waals surface area contributed by atoms with Crippen LogP contribution >= 0.6 is 27.3 Å². The van der Waals surface area contributed by atoms with Crippen LogP contribution in [0.5, 0.6) is 5.75 Å². The number of amides is 1. The summed E-state index contributed by atoms with van der Waals surface area (Å²) >= 11 is 4.88. The molecular formula is C16H13BrN2O3S. The molecule has 118 valence electrons. The summed E-state index contributed by atoms with van der Waals surface area (Å²) in [6.07, 6.45) is 1.59. The number of halogens is 1. The van der Waals surface area contributed by atoms with Crippen LogP contribution in [-0.2, 0) is 0 Å². The number of nitrogens with one attached hydrogen (secondary N) is 1. The van der Waals surface area contributed by atoms with E-state index in [0.29, 0.717) is 12.2 Å². The zero-order chi connectivity index (χ0) is 16.2. The minimum Gasteiger partial charge on any atom is -0.494 e. The Labute approximate surface area is 145 Å². The van der Waals surface area contributed by atoms with Gasteiger partial charge in [-0.2, -0.15) is 5.10 Å². The van der Waals surface area contributed by atoms with E-state index in [-0.39, 0.29) is 5.76 Å². The first-order valence-corrected chi connectivity index (χ1v) is 8.57. The van der Waals surface area contributed by atoms with Gasteiger partial charge in [0.2, 0.25) is 0 Å². The smallest absolute Gasteiger partial charge is 0.307 e. The van der Waals surface area contributed by atoms with Crippen molar-refractivity contribution in [2.75, 3.05) is 6.61 Å². The van der Waals surface area contributed by atoms with Crippen molar-refractivity contribution in [2.45, 2.75) is 6.92 Å². The maximum atomic E-state index is 12.1. The van der Waals surface area contributed by atoms with E-state index in [2.05, 4.69) is 26.5 Å². The molecule has 7 heteroatoms. The fourth-order valence-corrected chi connectivity index (χ4v) is 3.30. The molecule has 0 spiro atoms. The molecule has 1 aromatic carbocycles. The number of hydrogen-bond acceptors (Lipinski definition) is 5. The van der Waals surface area contributed by atoms with Crippen LogP contribution in [-0.4, -0.2) is 18.7 Å². The largest absolute Gasteiger partial charge is 0.494 e. The van der Waals surface area contributed by atoms with Crippen LogP contribution in [0.1, 0.15) is 22.4 Å². The molecule has 5 nitrogen and oxygen atoms in total. The number of rotatable bonds is 5. The summed E-state index contributed by atoms with van der Waals surface area (Å²) in [5.41, 5.74) is 3.08. The molecule has 0 aliphatic carbocycles. The Morgan fingerprint density at radius 3 is 3.04 bits per heavy atom. The minimum atomic E-state index is -0.397. The molecule has 2 heterocycles. The average Bonchev–Trinajstić information content (AvgIpc) is 3.13. The van der Waals surface area contributed by atoms with Crippen molar-refractivity contribution < 1.29 is 13.9 Å². The first-order chi connectivity index (χ1) is 11.2. The zero-order valence-corrected chi connectivity index (χ0v) is 14.6. The number of benzene rings is 1. The summed E-state index contributed by atoms with van der Waals surface area (Å²) in [6.45, 7) is 2.51. The number of thiophene rings is 1. The Morgan fingerprint density at radius 2 is 2.30 bits per heavy atom. The predicted octanol–water partition coefficient (Wildman–Crippen LogP) is 4.42. The average molecular weight is 393 g/mol. The molecule has 2 aromatic heterocycles. The first-order valence-electron chi connectivity index (χ1n) is 6.89. The van der Waals surface area contributed by atoms with Gasteiger partial charge in [-0.05, 0) is 53.2 Å². The van der Waals surface area contributed by atoms with E-state index in [1.54, 1.807) is 18.3 Å². The van der Waals surface area contributed by atoms with Gasteiger partial charge in [0.05, 0.1) is 12.8 Å². The van der Waals surface area contributed by atoms with Crippen LogP contribution in [0.15, 0.2) is 49.7 Å². The Balaban J connectivity index is 1.71. The molecular weight excluding hydrogens is 380 g/mol. The highest BCUT2D eigenvalue weighted by Gasteiger charge is 2.12. The molecule has 1 N–H and O–H groups in total. The quantitative estimate of drug-likeness (QED) is 0.516. The van der Waals surface area contributed by atoms with Crippen molar-refractivity contribution in [2.24, 2.45) is 5.10 Å². The zero-order valence-electron chi connectivity index (χ0n) is 12.2. The molecule has 0 aliphatic rings. The second-order valence-corrected chi connectivity index (χ2v) is 6.47. The molecule has 0 radical (unpaired) electrons. The van der Waals surface area contributed by atoms with Gasteiger partial charge in [0, 0.05) is 20.1 Å². The van der Waals surface area contributed by atoms with Crippen LogP contribution in [0.4, 0.5) is 0 Å². The molecule has 0 atom stereocenters. The first kappa shape index (κ1) is 15.8. The van der Waals surface area contributed by atoms with Gasteiger partial charge >= 0.3 is 5.91 Å². The maximum absolute atomic E-state index is 12.1. The van der Waals surface area contributed by atoms with Crippen molar-refractivity contribution >= 4 is 50.4 Å². The van der Waals surface area contributed by atoms with Crippen LogP contribution in [0.3, 0.4) is 0 Å². The third-order valence-electron chi connectivity index (χ3n) is 2.97. The fourth-order valence-electron chi connectivity index (χ4n) is 2.00. The summed E-state index contributed by atoms with van der Waals surface area (Å²) < 4.78 is 11.9. The van der Waals surface area contributed by atoms with E-state index in [4.69, 9.17) is 9.15 Å². The molecule has 0 fully saturated rings. The van der Waals surface area contributed by atoms with Gasteiger partial charge in [-0.1, -0.05) is 0 Å². The maximum Gasteiger partial charge on any atom is 0.307 e. The number of hydrazone groups is 1. The molecule has 0 saturated carbocycles. The number of furan rings is 1. The van der Waals surface area contributed by atoms with Gasteiger partial charge in [0.1, 0.15) is 11.3 Å². The lowest BCUT2D eigenvalue weighted by Crippen LogP contribution is -2.16. The molecule has 0 unspecified atom stereocenters. The highest BCUT2D eigenvalue weighted by molar-refractivity contribution is 9.10. The molecule has 0 bridgehead atoms. The lowest BCUT2D eigenvalue weighted by atomic mass is 10.2. The van der Waals surface area contributed by atoms with Crippen molar-refractivity contribution in [3.63, 3.8) is 0 Å². The molecule has 3 rings (SSSR count). The number of carbonyl (C=O) groups is 1. The van der Waals surface area contributed by atoms with Gasteiger partial charge in [-0.15, -0.1) is 11.3 Å². The van der Waals surface area contributed by atoms with E-state index in [1.165, 1.54) is 11.3 Å². The van der Waals surface area contributed by atoms with E-state index in [0.717, 1.165) is 20.5 Å². The van der Waals surface area contributed by atoms with E-state index in [1.807, 2.05) is 30.5 Å². The van der Waals surface area contributed by atoms with E-state index >= 15 is 0 Å². The van der Waals surface area contributed by atoms with E-state index in [9.17, 15) is 4.79 Å². The van der Waals surface area contributed by atoms with Gasteiger partial charge in [-0.3, -0.25) is 4.79 Å². The van der Waals surface area contributed by atoms with Crippen LogP contribution in [0.25, 0.3) is 11.0 Å². The van der Waals surface area contributed by atoms with Crippen molar-refractivity contribution in [1.29, 1.82) is 0 Å². The molecule has 0 aliphatic heterocycles. The third-order valence-corrected chi connectivity index (χ3v) is 4.60. The predicted molar refractivity (Wildman–Crippen MR) is 94.5 cm³/mol. The number of fused-ring (bicyclic) bond motifs is 1. The summed E-state index contributed by atoms with van der Waals surface area (Å²) in [5.74, 6) is 0.554. The summed E-state index contributed by atoms with van der Waals surface area (Å²) in [4.78, 5) is 13.0. The second kappa shape index (κ2) is 6.97. The summed E-state index contributed by atoms with van der Waals surface area (Å²) in [5, 5.41) is 6.68. The summed E-state index contributed by atoms with van der Waals surface area (Å²) in [6, 6.07) is 9.01. The van der Waals surface area contributed by atoms with Gasteiger partial charge in [0.25, 0.3) is 0 Å². The second-order valence-electron chi connectivity index (χ2n) is 4.61. The minimum absolute atomic E-state index is 0.207. The number of nitrogens with zero attached hydrogens (tertiary/aromatic N) is 1. The van der Waals surface area contributed by atoms with Crippen molar-refractivity contribution in [3.8, 4) is 5.75 Å². The van der Waals surface area contributed by atoms with E-state index < -0.39 is 5.91 Å². The number of ether oxygens (including phenoxy) is 1. The third kappa shape index (κ3) is 3.80.